The number of halogens is 1. The van der Waals surface area contributed by atoms with Gasteiger partial charge in [-0.2, -0.15) is 0 Å². The standard InChI is InChI=1S/C20H21ClN2O5/c1-27-19(25)8-5-11-22-18(24)13-28-17-10-9-14(21)12-16(17)20(26)23-15-6-3-2-4-7-15/h2-4,6-7,9-10,12H,5,8,11,13H2,1H3,(H,22,24)(H,23,26). The van der Waals surface area contributed by atoms with Crippen molar-refractivity contribution in [2.75, 3.05) is 25.6 Å². The summed E-state index contributed by atoms with van der Waals surface area (Å²) >= 11 is 6.00. The van der Waals surface area contributed by atoms with Crippen molar-refractivity contribution in [3.05, 3.63) is 59.1 Å². The van der Waals surface area contributed by atoms with Gasteiger partial charge in [0, 0.05) is 23.7 Å². The minimum absolute atomic E-state index is 0.217. The maximum Gasteiger partial charge on any atom is 0.305 e. The van der Waals surface area contributed by atoms with Crippen molar-refractivity contribution < 1.29 is 23.9 Å². The molecule has 0 radical (unpaired) electrons. The minimum Gasteiger partial charge on any atom is -0.483 e. The lowest BCUT2D eigenvalue weighted by atomic mass is 10.2. The number of benzene rings is 2. The highest BCUT2D eigenvalue weighted by Crippen LogP contribution is 2.24. The zero-order valence-corrected chi connectivity index (χ0v) is 16.1. The number of hydrogen-bond donors (Lipinski definition) is 2. The van der Waals surface area contributed by atoms with Crippen molar-refractivity contribution in [1.29, 1.82) is 0 Å². The molecule has 0 saturated heterocycles. The molecule has 2 aromatic carbocycles. The quantitative estimate of drug-likeness (QED) is 0.495. The first kappa shape index (κ1) is 21.2. The zero-order chi connectivity index (χ0) is 20.4. The summed E-state index contributed by atoms with van der Waals surface area (Å²) < 4.78 is 10.0. The number of hydrogen-bond acceptors (Lipinski definition) is 5. The Morgan fingerprint density at radius 1 is 1.07 bits per heavy atom. The number of carbonyl (C=O) groups is 3. The van der Waals surface area contributed by atoms with Crippen LogP contribution in [0, 0.1) is 0 Å². The highest BCUT2D eigenvalue weighted by atomic mass is 35.5. The van der Waals surface area contributed by atoms with Gasteiger partial charge in [0.15, 0.2) is 6.61 Å². The number of rotatable bonds is 9. The van der Waals surface area contributed by atoms with Crippen LogP contribution in [0.4, 0.5) is 5.69 Å². The average molecular weight is 405 g/mol. The Hall–Kier alpha value is -3.06. The fourth-order valence-electron chi connectivity index (χ4n) is 2.28. The van der Waals surface area contributed by atoms with Gasteiger partial charge < -0.3 is 20.1 Å². The number of nitrogens with one attached hydrogen (secondary N) is 2. The monoisotopic (exact) mass is 404 g/mol. The van der Waals surface area contributed by atoms with Gasteiger partial charge in [-0.1, -0.05) is 29.8 Å². The van der Waals surface area contributed by atoms with E-state index in [0.717, 1.165) is 0 Å². The number of ether oxygens (including phenoxy) is 2. The summed E-state index contributed by atoms with van der Waals surface area (Å²) in [5, 5.41) is 5.76. The first-order valence-electron chi connectivity index (χ1n) is 8.62. The third kappa shape index (κ3) is 6.92. The van der Waals surface area contributed by atoms with E-state index in [4.69, 9.17) is 16.3 Å². The van der Waals surface area contributed by atoms with Crippen LogP contribution in [0.25, 0.3) is 0 Å². The highest BCUT2D eigenvalue weighted by molar-refractivity contribution is 6.31. The van der Waals surface area contributed by atoms with Crippen LogP contribution >= 0.6 is 11.6 Å². The van der Waals surface area contributed by atoms with Crippen LogP contribution in [0.2, 0.25) is 5.02 Å². The second-order valence-electron chi connectivity index (χ2n) is 5.78. The predicted octanol–water partition coefficient (Wildman–Crippen LogP) is 3.04. The van der Waals surface area contributed by atoms with Crippen LogP contribution < -0.4 is 15.4 Å². The third-order valence-electron chi connectivity index (χ3n) is 3.68. The molecule has 0 atom stereocenters. The molecule has 28 heavy (non-hydrogen) atoms. The summed E-state index contributed by atoms with van der Waals surface area (Å²) in [7, 11) is 1.31. The van der Waals surface area contributed by atoms with Gasteiger partial charge in [0.1, 0.15) is 5.75 Å². The fraction of sp³-hybridized carbons (Fsp3) is 0.250. The molecule has 0 aliphatic rings. The van der Waals surface area contributed by atoms with Gasteiger partial charge in [0.05, 0.1) is 12.7 Å². The normalized spacial score (nSPS) is 10.1. The summed E-state index contributed by atoms with van der Waals surface area (Å²) in [5.41, 5.74) is 0.844. The maximum atomic E-state index is 12.5. The van der Waals surface area contributed by atoms with E-state index < -0.39 is 5.91 Å². The molecule has 8 heteroatoms. The molecule has 148 valence electrons. The number of esters is 1. The first-order valence-corrected chi connectivity index (χ1v) is 8.99. The number of para-hydroxylation sites is 1. The Morgan fingerprint density at radius 2 is 1.82 bits per heavy atom. The predicted molar refractivity (Wildman–Crippen MR) is 106 cm³/mol. The molecule has 0 aromatic heterocycles. The summed E-state index contributed by atoms with van der Waals surface area (Å²) in [5.74, 6) is -0.861. The Bertz CT molecular complexity index is 827. The molecule has 7 nitrogen and oxygen atoms in total. The van der Waals surface area contributed by atoms with Crippen LogP contribution in [0.5, 0.6) is 5.75 Å². The van der Waals surface area contributed by atoms with Crippen molar-refractivity contribution in [2.45, 2.75) is 12.8 Å². The molecule has 0 spiro atoms. The molecule has 2 N–H and O–H groups in total. The molecule has 0 aliphatic carbocycles. The molecule has 2 rings (SSSR count). The Balaban J connectivity index is 1.92. The number of anilines is 1. The molecule has 0 fully saturated rings. The van der Waals surface area contributed by atoms with Crippen LogP contribution in [0.1, 0.15) is 23.2 Å². The average Bonchev–Trinajstić information content (AvgIpc) is 2.70. The van der Waals surface area contributed by atoms with Crippen molar-refractivity contribution in [1.82, 2.24) is 5.32 Å². The summed E-state index contributed by atoms with van der Waals surface area (Å²) in [4.78, 5) is 35.5. The lowest BCUT2D eigenvalue weighted by molar-refractivity contribution is -0.140. The van der Waals surface area contributed by atoms with Crippen molar-refractivity contribution in [3.63, 3.8) is 0 Å². The Kier molecular flexibility index (Phi) is 8.30. The lowest BCUT2D eigenvalue weighted by Crippen LogP contribution is -2.30. The third-order valence-corrected chi connectivity index (χ3v) is 3.92. The van der Waals surface area contributed by atoms with E-state index in [0.29, 0.717) is 23.7 Å². The zero-order valence-electron chi connectivity index (χ0n) is 15.4. The van der Waals surface area contributed by atoms with Gasteiger partial charge in [0.2, 0.25) is 0 Å². The van der Waals surface area contributed by atoms with Gasteiger partial charge in [-0.25, -0.2) is 0 Å². The molecule has 0 aliphatic heterocycles. The summed E-state index contributed by atoms with van der Waals surface area (Å²) in [6.07, 6.45) is 0.683. The van der Waals surface area contributed by atoms with Crippen molar-refractivity contribution in [3.8, 4) is 5.75 Å². The molecule has 0 bridgehead atoms. The van der Waals surface area contributed by atoms with E-state index in [2.05, 4.69) is 15.4 Å². The molecule has 0 unspecified atom stereocenters. The number of amides is 2. The van der Waals surface area contributed by atoms with Crippen LogP contribution in [0.15, 0.2) is 48.5 Å². The van der Waals surface area contributed by atoms with Gasteiger partial charge >= 0.3 is 5.97 Å². The van der Waals surface area contributed by atoms with E-state index >= 15 is 0 Å². The SMILES string of the molecule is COC(=O)CCCNC(=O)COc1ccc(Cl)cc1C(=O)Nc1ccccc1. The fourth-order valence-corrected chi connectivity index (χ4v) is 2.45. The van der Waals surface area contributed by atoms with Gasteiger partial charge in [-0.05, 0) is 36.8 Å². The van der Waals surface area contributed by atoms with E-state index in [9.17, 15) is 14.4 Å². The van der Waals surface area contributed by atoms with E-state index in [1.165, 1.54) is 19.2 Å². The molecule has 0 saturated carbocycles. The Labute approximate surface area is 168 Å². The lowest BCUT2D eigenvalue weighted by Gasteiger charge is -2.12. The molecular weight excluding hydrogens is 384 g/mol. The van der Waals surface area contributed by atoms with Gasteiger partial charge in [-0.3, -0.25) is 14.4 Å². The number of methoxy groups -OCH3 is 1. The molecule has 0 heterocycles. The summed E-state index contributed by atoms with van der Waals surface area (Å²) in [6, 6.07) is 13.5. The smallest absolute Gasteiger partial charge is 0.305 e. The van der Waals surface area contributed by atoms with E-state index in [1.54, 1.807) is 30.3 Å². The van der Waals surface area contributed by atoms with Crippen molar-refractivity contribution >= 4 is 35.1 Å². The largest absolute Gasteiger partial charge is 0.483 e. The summed E-state index contributed by atoms with van der Waals surface area (Å²) in [6.45, 7) is 0.0464. The highest BCUT2D eigenvalue weighted by Gasteiger charge is 2.15. The van der Waals surface area contributed by atoms with Crippen LogP contribution in [0.3, 0.4) is 0 Å². The van der Waals surface area contributed by atoms with Crippen molar-refractivity contribution in [2.24, 2.45) is 0 Å². The maximum absolute atomic E-state index is 12.5. The topological polar surface area (TPSA) is 93.7 Å². The molecular formula is C20H21ClN2O5. The van der Waals surface area contributed by atoms with Crippen LogP contribution in [-0.2, 0) is 14.3 Å². The molecule has 2 amide bonds. The van der Waals surface area contributed by atoms with Crippen LogP contribution in [-0.4, -0.2) is 38.0 Å². The minimum atomic E-state index is -0.401. The second-order valence-corrected chi connectivity index (χ2v) is 6.22. The molecule has 2 aromatic rings. The van der Waals surface area contributed by atoms with Gasteiger partial charge in [0.25, 0.3) is 11.8 Å². The van der Waals surface area contributed by atoms with E-state index in [1.807, 2.05) is 6.07 Å². The van der Waals surface area contributed by atoms with E-state index in [-0.39, 0.29) is 36.2 Å². The Morgan fingerprint density at radius 3 is 2.54 bits per heavy atom. The number of carbonyl (C=O) groups excluding carboxylic acids is 3. The van der Waals surface area contributed by atoms with Gasteiger partial charge in [-0.15, -0.1) is 0 Å². The second kappa shape index (κ2) is 10.9. The first-order chi connectivity index (χ1) is 13.5.